The van der Waals surface area contributed by atoms with Gasteiger partial charge in [-0.25, -0.2) is 22.2 Å². The van der Waals surface area contributed by atoms with Gasteiger partial charge in [0, 0.05) is 11.8 Å². The second-order valence-electron chi connectivity index (χ2n) is 7.36. The van der Waals surface area contributed by atoms with Crippen molar-refractivity contribution >= 4 is 32.2 Å². The van der Waals surface area contributed by atoms with E-state index in [-0.39, 0.29) is 23.0 Å². The minimum absolute atomic E-state index is 0.0262. The van der Waals surface area contributed by atoms with E-state index in [0.717, 1.165) is 6.26 Å². The third-order valence-corrected chi connectivity index (χ3v) is 6.94. The fourth-order valence-corrected chi connectivity index (χ4v) is 4.86. The van der Waals surface area contributed by atoms with Crippen LogP contribution in [0.1, 0.15) is 5.56 Å². The van der Waals surface area contributed by atoms with Crippen LogP contribution in [0.15, 0.2) is 77.7 Å². The Bertz CT molecular complexity index is 1420. The Morgan fingerprint density at radius 3 is 2.24 bits per heavy atom. The van der Waals surface area contributed by atoms with Crippen molar-refractivity contribution in [2.45, 2.75) is 11.3 Å². The van der Waals surface area contributed by atoms with Gasteiger partial charge < -0.3 is 5.32 Å². The topological polar surface area (TPSA) is 76.1 Å². The van der Waals surface area contributed by atoms with Gasteiger partial charge in [0.25, 0.3) is 0 Å². The average molecular weight is 485 g/mol. The van der Waals surface area contributed by atoms with E-state index in [4.69, 9.17) is 0 Å². The Morgan fingerprint density at radius 2 is 1.61 bits per heavy atom. The second kappa shape index (κ2) is 9.21. The summed E-state index contributed by atoms with van der Waals surface area (Å²) in [5, 5.41) is 3.05. The van der Waals surface area contributed by atoms with Gasteiger partial charge >= 0.3 is 0 Å². The van der Waals surface area contributed by atoms with Gasteiger partial charge in [0.2, 0.25) is 5.91 Å². The molecule has 0 bridgehead atoms. The number of thiazole rings is 1. The first kappa shape index (κ1) is 22.8. The fourth-order valence-electron chi connectivity index (χ4n) is 3.22. The number of benzene rings is 3. The van der Waals surface area contributed by atoms with Gasteiger partial charge in [0.1, 0.15) is 11.6 Å². The Kier molecular flexibility index (Phi) is 6.35. The van der Waals surface area contributed by atoms with Crippen LogP contribution in [0.3, 0.4) is 0 Å². The Hall–Kier alpha value is -3.43. The molecule has 168 valence electrons. The number of hydrogen-bond donors (Lipinski definition) is 1. The predicted octanol–water partition coefficient (Wildman–Crippen LogP) is 5.34. The highest BCUT2D eigenvalue weighted by Crippen LogP contribution is 2.39. The third kappa shape index (κ3) is 5.50. The first-order valence-corrected chi connectivity index (χ1v) is 12.5. The lowest BCUT2D eigenvalue weighted by atomic mass is 10.1. The molecule has 3 aromatic carbocycles. The van der Waals surface area contributed by atoms with E-state index in [1.807, 2.05) is 0 Å². The van der Waals surface area contributed by atoms with Crippen molar-refractivity contribution in [1.29, 1.82) is 0 Å². The largest absolute Gasteiger partial charge is 0.302 e. The van der Waals surface area contributed by atoms with Crippen molar-refractivity contribution in [1.82, 2.24) is 4.98 Å². The Balaban J connectivity index is 1.68. The zero-order chi connectivity index (χ0) is 23.6. The van der Waals surface area contributed by atoms with Gasteiger partial charge in [-0.1, -0.05) is 47.7 Å². The summed E-state index contributed by atoms with van der Waals surface area (Å²) in [4.78, 5) is 17.9. The van der Waals surface area contributed by atoms with Gasteiger partial charge in [-0.15, -0.1) is 0 Å². The van der Waals surface area contributed by atoms with Gasteiger partial charge in [-0.2, -0.15) is 0 Å². The first-order chi connectivity index (χ1) is 15.7. The van der Waals surface area contributed by atoms with E-state index >= 15 is 0 Å². The fraction of sp³-hybridized carbons (Fsp3) is 0.0833. The molecule has 0 fully saturated rings. The van der Waals surface area contributed by atoms with Crippen LogP contribution in [0.2, 0.25) is 0 Å². The summed E-state index contributed by atoms with van der Waals surface area (Å²) in [5.74, 6) is -1.17. The summed E-state index contributed by atoms with van der Waals surface area (Å²) < 4.78 is 50.4. The van der Waals surface area contributed by atoms with Gasteiger partial charge in [-0.3, -0.25) is 4.79 Å². The summed E-state index contributed by atoms with van der Waals surface area (Å²) in [6.07, 6.45) is 1.10. The normalized spacial score (nSPS) is 11.4. The molecule has 0 saturated heterocycles. The van der Waals surface area contributed by atoms with Crippen molar-refractivity contribution in [3.8, 4) is 21.7 Å². The molecule has 5 nitrogen and oxygen atoms in total. The molecule has 0 aliphatic carbocycles. The molecule has 0 atom stereocenters. The van der Waals surface area contributed by atoms with Crippen LogP contribution >= 0.6 is 11.3 Å². The SMILES string of the molecule is CS(=O)(=O)c1ccc(-c2nc(NC(=O)Cc3cccc(F)c3)sc2-c2ccc(F)cc2)cc1. The van der Waals surface area contributed by atoms with E-state index in [9.17, 15) is 22.0 Å². The van der Waals surface area contributed by atoms with Crippen LogP contribution in [0.5, 0.6) is 0 Å². The highest BCUT2D eigenvalue weighted by atomic mass is 32.2. The average Bonchev–Trinajstić information content (AvgIpc) is 3.17. The molecule has 0 saturated carbocycles. The number of rotatable bonds is 6. The van der Waals surface area contributed by atoms with Gasteiger partial charge in [0.15, 0.2) is 15.0 Å². The quantitative estimate of drug-likeness (QED) is 0.401. The van der Waals surface area contributed by atoms with Crippen molar-refractivity contribution in [2.75, 3.05) is 11.6 Å². The number of halogens is 2. The minimum atomic E-state index is -3.36. The van der Waals surface area contributed by atoms with Crippen molar-refractivity contribution in [3.63, 3.8) is 0 Å². The molecular formula is C24H18F2N2O3S2. The molecule has 4 aromatic rings. The van der Waals surface area contributed by atoms with E-state index in [2.05, 4.69) is 10.3 Å². The molecule has 9 heteroatoms. The zero-order valence-corrected chi connectivity index (χ0v) is 19.0. The highest BCUT2D eigenvalue weighted by Gasteiger charge is 2.18. The van der Waals surface area contributed by atoms with E-state index in [0.29, 0.717) is 32.4 Å². The predicted molar refractivity (Wildman–Crippen MR) is 125 cm³/mol. The summed E-state index contributed by atoms with van der Waals surface area (Å²) in [6.45, 7) is 0. The van der Waals surface area contributed by atoms with Crippen LogP contribution in [0.25, 0.3) is 21.7 Å². The zero-order valence-electron chi connectivity index (χ0n) is 17.4. The molecule has 4 rings (SSSR count). The molecule has 1 aromatic heterocycles. The molecule has 1 amide bonds. The number of amides is 1. The summed E-state index contributed by atoms with van der Waals surface area (Å²) in [7, 11) is -3.36. The lowest BCUT2D eigenvalue weighted by molar-refractivity contribution is -0.115. The van der Waals surface area contributed by atoms with Crippen LogP contribution in [0, 0.1) is 11.6 Å². The molecule has 0 unspecified atom stereocenters. The highest BCUT2D eigenvalue weighted by molar-refractivity contribution is 7.90. The number of aromatic nitrogens is 1. The number of hydrogen-bond acceptors (Lipinski definition) is 5. The maximum atomic E-state index is 13.4. The molecule has 33 heavy (non-hydrogen) atoms. The first-order valence-electron chi connectivity index (χ1n) is 9.80. The number of carbonyl (C=O) groups is 1. The molecule has 1 heterocycles. The van der Waals surface area contributed by atoms with E-state index in [1.165, 1.54) is 53.8 Å². The van der Waals surface area contributed by atoms with E-state index in [1.54, 1.807) is 30.3 Å². The maximum Gasteiger partial charge on any atom is 0.230 e. The maximum absolute atomic E-state index is 13.4. The summed E-state index contributed by atoms with van der Waals surface area (Å²) >= 11 is 1.21. The summed E-state index contributed by atoms with van der Waals surface area (Å²) in [6, 6.07) is 17.9. The van der Waals surface area contributed by atoms with Crippen molar-refractivity contribution < 1.29 is 22.0 Å². The van der Waals surface area contributed by atoms with Crippen molar-refractivity contribution in [3.05, 3.63) is 90.0 Å². The monoisotopic (exact) mass is 484 g/mol. The van der Waals surface area contributed by atoms with Crippen LogP contribution in [0.4, 0.5) is 13.9 Å². The number of nitrogens with zero attached hydrogens (tertiary/aromatic N) is 1. The third-order valence-electron chi connectivity index (χ3n) is 4.79. The van der Waals surface area contributed by atoms with Crippen molar-refractivity contribution in [2.24, 2.45) is 0 Å². The molecule has 0 radical (unpaired) electrons. The number of anilines is 1. The van der Waals surface area contributed by atoms with Gasteiger partial charge in [0.05, 0.1) is 21.9 Å². The molecule has 0 aliphatic heterocycles. The Morgan fingerprint density at radius 1 is 0.939 bits per heavy atom. The lowest BCUT2D eigenvalue weighted by Crippen LogP contribution is -2.14. The van der Waals surface area contributed by atoms with Crippen LogP contribution in [-0.2, 0) is 21.1 Å². The molecular weight excluding hydrogens is 466 g/mol. The molecule has 0 aliphatic rings. The smallest absolute Gasteiger partial charge is 0.230 e. The Labute approximate surface area is 193 Å². The standard InChI is InChI=1S/C24H18F2N2O3S2/c1-33(30,31)20-11-7-16(8-12-20)22-23(17-5-9-18(25)10-6-17)32-24(28-22)27-21(29)14-15-3-2-4-19(26)13-15/h2-13H,14H2,1H3,(H,27,28,29). The number of nitrogens with one attached hydrogen (secondary N) is 1. The van der Waals surface area contributed by atoms with Crippen LogP contribution < -0.4 is 5.32 Å². The number of sulfone groups is 1. The second-order valence-corrected chi connectivity index (χ2v) is 10.4. The lowest BCUT2D eigenvalue weighted by Gasteiger charge is -2.04. The number of carbonyl (C=O) groups excluding carboxylic acids is 1. The van der Waals surface area contributed by atoms with Crippen LogP contribution in [-0.4, -0.2) is 25.6 Å². The summed E-state index contributed by atoms with van der Waals surface area (Å²) in [5.41, 5.74) is 2.39. The minimum Gasteiger partial charge on any atom is -0.302 e. The molecule has 1 N–H and O–H groups in total. The van der Waals surface area contributed by atoms with Gasteiger partial charge in [-0.05, 0) is 47.5 Å². The molecule has 0 spiro atoms. The van der Waals surface area contributed by atoms with E-state index < -0.39 is 15.7 Å².